The lowest BCUT2D eigenvalue weighted by molar-refractivity contribution is -0.145. The number of hydrogen-bond acceptors (Lipinski definition) is 2. The molecule has 1 N–H and O–H groups in total. The summed E-state index contributed by atoms with van der Waals surface area (Å²) < 4.78 is 0. The van der Waals surface area contributed by atoms with E-state index in [2.05, 4.69) is 0 Å². The molecule has 0 aromatic heterocycles. The third-order valence-electron chi connectivity index (χ3n) is 3.36. The van der Waals surface area contributed by atoms with Crippen molar-refractivity contribution in [3.8, 4) is 0 Å². The van der Waals surface area contributed by atoms with E-state index >= 15 is 0 Å². The number of aliphatic hydroxyl groups is 1. The molecule has 0 aromatic carbocycles. The summed E-state index contributed by atoms with van der Waals surface area (Å²) >= 11 is 0. The molecule has 2 heteroatoms. The van der Waals surface area contributed by atoms with Crippen molar-refractivity contribution in [1.82, 2.24) is 0 Å². The molecule has 82 valence electrons. The van der Waals surface area contributed by atoms with Crippen LogP contribution in [0.3, 0.4) is 0 Å². The lowest BCUT2D eigenvalue weighted by Crippen LogP contribution is -2.47. The maximum Gasteiger partial charge on any atom is 0.146 e. The van der Waals surface area contributed by atoms with Crippen molar-refractivity contribution < 1.29 is 9.90 Å². The van der Waals surface area contributed by atoms with Gasteiger partial charge in [-0.3, -0.25) is 4.79 Å². The van der Waals surface area contributed by atoms with Gasteiger partial charge in [0.1, 0.15) is 5.78 Å². The molecule has 2 atom stereocenters. The number of Topliss-reactive ketones (excluding diaryl/α,β-unsaturated/α-hetero) is 1. The Balaban J connectivity index is 2.87. The highest BCUT2D eigenvalue weighted by atomic mass is 16.3. The maximum absolute atomic E-state index is 12.2. The van der Waals surface area contributed by atoms with Gasteiger partial charge in [0.05, 0.1) is 11.5 Å². The normalized spacial score (nSPS) is 34.2. The summed E-state index contributed by atoms with van der Waals surface area (Å²) in [6.45, 7) is 7.72. The Kier molecular flexibility index (Phi) is 3.05. The lowest BCUT2D eigenvalue weighted by Gasteiger charge is -2.40. The van der Waals surface area contributed by atoms with Crippen molar-refractivity contribution in [3.63, 3.8) is 0 Å². The molecule has 0 spiro atoms. The monoisotopic (exact) mass is 198 g/mol. The number of aliphatic hydroxyl groups excluding tert-OH is 1. The van der Waals surface area contributed by atoms with E-state index in [-0.39, 0.29) is 11.2 Å². The van der Waals surface area contributed by atoms with E-state index in [0.717, 1.165) is 25.7 Å². The molecule has 2 unspecified atom stereocenters. The SMILES string of the molecule is CC(C)(C)C(=O)C1(C)CCCCC1O. The highest BCUT2D eigenvalue weighted by molar-refractivity contribution is 5.89. The van der Waals surface area contributed by atoms with E-state index < -0.39 is 11.5 Å². The van der Waals surface area contributed by atoms with Crippen LogP contribution >= 0.6 is 0 Å². The lowest BCUT2D eigenvalue weighted by atomic mass is 9.64. The molecule has 0 aromatic rings. The molecule has 1 aliphatic rings. The van der Waals surface area contributed by atoms with E-state index in [9.17, 15) is 9.90 Å². The van der Waals surface area contributed by atoms with Crippen LogP contribution in [0.5, 0.6) is 0 Å². The Morgan fingerprint density at radius 1 is 1.36 bits per heavy atom. The second-order valence-electron chi connectivity index (χ2n) is 5.76. The molecule has 1 rings (SSSR count). The van der Waals surface area contributed by atoms with Crippen molar-refractivity contribution in [1.29, 1.82) is 0 Å². The summed E-state index contributed by atoms with van der Waals surface area (Å²) in [5.74, 6) is 0.206. The van der Waals surface area contributed by atoms with Crippen LogP contribution in [0.25, 0.3) is 0 Å². The Bertz CT molecular complexity index is 227. The maximum atomic E-state index is 12.2. The summed E-state index contributed by atoms with van der Waals surface area (Å²) in [5.41, 5.74) is -0.844. The summed E-state index contributed by atoms with van der Waals surface area (Å²) in [4.78, 5) is 12.2. The van der Waals surface area contributed by atoms with Crippen molar-refractivity contribution in [3.05, 3.63) is 0 Å². The average molecular weight is 198 g/mol. The predicted molar refractivity (Wildman–Crippen MR) is 57.0 cm³/mol. The minimum atomic E-state index is -0.503. The van der Waals surface area contributed by atoms with E-state index in [1.807, 2.05) is 27.7 Å². The van der Waals surface area contributed by atoms with Gasteiger partial charge < -0.3 is 5.11 Å². The molecule has 0 saturated heterocycles. The molecule has 0 amide bonds. The van der Waals surface area contributed by atoms with Gasteiger partial charge in [-0.15, -0.1) is 0 Å². The first-order chi connectivity index (χ1) is 6.28. The third-order valence-corrected chi connectivity index (χ3v) is 3.36. The molecule has 1 aliphatic carbocycles. The molecule has 14 heavy (non-hydrogen) atoms. The van der Waals surface area contributed by atoms with E-state index in [0.29, 0.717) is 0 Å². The van der Waals surface area contributed by atoms with E-state index in [1.165, 1.54) is 0 Å². The largest absolute Gasteiger partial charge is 0.392 e. The van der Waals surface area contributed by atoms with Gasteiger partial charge in [-0.1, -0.05) is 40.5 Å². The van der Waals surface area contributed by atoms with Crippen LogP contribution in [0.1, 0.15) is 53.4 Å². The van der Waals surface area contributed by atoms with Crippen molar-refractivity contribution >= 4 is 5.78 Å². The van der Waals surface area contributed by atoms with Gasteiger partial charge in [-0.05, 0) is 12.8 Å². The summed E-state index contributed by atoms with van der Waals surface area (Å²) in [7, 11) is 0. The van der Waals surface area contributed by atoms with Crippen LogP contribution in [-0.4, -0.2) is 17.0 Å². The Labute approximate surface area is 86.7 Å². The van der Waals surface area contributed by atoms with Crippen LogP contribution in [0.4, 0.5) is 0 Å². The standard InChI is InChI=1S/C12H22O2/c1-11(2,3)10(14)12(4)8-6-5-7-9(12)13/h9,13H,5-8H2,1-4H3. The second kappa shape index (κ2) is 3.65. The summed E-state index contributed by atoms with van der Waals surface area (Å²) in [6.07, 6.45) is 3.29. The fraction of sp³-hybridized carbons (Fsp3) is 0.917. The fourth-order valence-corrected chi connectivity index (χ4v) is 2.44. The first-order valence-corrected chi connectivity index (χ1v) is 5.51. The Morgan fingerprint density at radius 2 is 1.93 bits per heavy atom. The molecule has 2 nitrogen and oxygen atoms in total. The van der Waals surface area contributed by atoms with Gasteiger partial charge in [-0.25, -0.2) is 0 Å². The zero-order valence-corrected chi connectivity index (χ0v) is 9.76. The quantitative estimate of drug-likeness (QED) is 0.703. The van der Waals surface area contributed by atoms with Crippen molar-refractivity contribution in [2.45, 2.75) is 59.5 Å². The summed E-state index contributed by atoms with van der Waals surface area (Å²) in [5, 5.41) is 9.94. The molecular weight excluding hydrogens is 176 g/mol. The first-order valence-electron chi connectivity index (χ1n) is 5.51. The van der Waals surface area contributed by atoms with Crippen molar-refractivity contribution in [2.24, 2.45) is 10.8 Å². The van der Waals surface area contributed by atoms with Gasteiger partial charge >= 0.3 is 0 Å². The molecule has 0 aliphatic heterocycles. The molecule has 0 radical (unpaired) electrons. The third kappa shape index (κ3) is 2.00. The van der Waals surface area contributed by atoms with Crippen LogP contribution in [0, 0.1) is 10.8 Å². The van der Waals surface area contributed by atoms with Crippen LogP contribution in [-0.2, 0) is 4.79 Å². The molecule has 0 heterocycles. The van der Waals surface area contributed by atoms with E-state index in [4.69, 9.17) is 0 Å². The zero-order valence-electron chi connectivity index (χ0n) is 9.76. The van der Waals surface area contributed by atoms with Gasteiger partial charge in [-0.2, -0.15) is 0 Å². The zero-order chi connectivity index (χ0) is 11.0. The second-order valence-corrected chi connectivity index (χ2v) is 5.76. The molecular formula is C12H22O2. The van der Waals surface area contributed by atoms with Crippen LogP contribution in [0.2, 0.25) is 0 Å². The van der Waals surface area contributed by atoms with Crippen molar-refractivity contribution in [2.75, 3.05) is 0 Å². The number of carbonyl (C=O) groups is 1. The minimum absolute atomic E-state index is 0.206. The molecule has 0 bridgehead atoms. The van der Waals surface area contributed by atoms with Crippen LogP contribution in [0.15, 0.2) is 0 Å². The predicted octanol–water partition coefficient (Wildman–Crippen LogP) is 2.54. The topological polar surface area (TPSA) is 37.3 Å². The number of carbonyl (C=O) groups excluding carboxylic acids is 1. The Hall–Kier alpha value is -0.370. The minimum Gasteiger partial charge on any atom is -0.392 e. The highest BCUT2D eigenvalue weighted by Gasteiger charge is 2.45. The van der Waals surface area contributed by atoms with Gasteiger partial charge in [0.25, 0.3) is 0 Å². The molecule has 1 fully saturated rings. The highest BCUT2D eigenvalue weighted by Crippen LogP contribution is 2.41. The average Bonchev–Trinajstić information content (AvgIpc) is 2.07. The first kappa shape index (κ1) is 11.7. The molecule has 1 saturated carbocycles. The summed E-state index contributed by atoms with van der Waals surface area (Å²) in [6, 6.07) is 0. The van der Waals surface area contributed by atoms with Gasteiger partial charge in [0.15, 0.2) is 0 Å². The fourth-order valence-electron chi connectivity index (χ4n) is 2.44. The number of ketones is 1. The van der Waals surface area contributed by atoms with Gasteiger partial charge in [0, 0.05) is 5.41 Å². The smallest absolute Gasteiger partial charge is 0.146 e. The Morgan fingerprint density at radius 3 is 2.36 bits per heavy atom. The number of hydrogen-bond donors (Lipinski definition) is 1. The van der Waals surface area contributed by atoms with Gasteiger partial charge in [0.2, 0.25) is 0 Å². The van der Waals surface area contributed by atoms with E-state index in [1.54, 1.807) is 0 Å². The van der Waals surface area contributed by atoms with Crippen LogP contribution < -0.4 is 0 Å². The number of rotatable bonds is 1.